The van der Waals surface area contributed by atoms with E-state index in [9.17, 15) is 19.2 Å². The second kappa shape index (κ2) is 10.6. The Balaban J connectivity index is 1.76. The molecule has 1 N–H and O–H groups in total. The Morgan fingerprint density at radius 1 is 1.20 bits per heavy atom. The first kappa shape index (κ1) is 26.5. The fraction of sp³-hybridized carbons (Fsp3) is 0.600. The highest BCUT2D eigenvalue weighted by molar-refractivity contribution is 6.02. The molecule has 10 nitrogen and oxygen atoms in total. The van der Waals surface area contributed by atoms with E-state index in [4.69, 9.17) is 4.74 Å². The maximum absolute atomic E-state index is 12.4. The minimum absolute atomic E-state index is 0.138. The number of carbonyl (C=O) groups is 4. The number of piperazine rings is 1. The van der Waals surface area contributed by atoms with E-state index in [-0.39, 0.29) is 36.8 Å². The molecule has 2 saturated heterocycles. The summed E-state index contributed by atoms with van der Waals surface area (Å²) in [5.41, 5.74) is 1.86. The third-order valence-electron chi connectivity index (χ3n) is 6.37. The van der Waals surface area contributed by atoms with Crippen LogP contribution in [0.3, 0.4) is 0 Å². The number of ether oxygens (including phenoxy) is 1. The van der Waals surface area contributed by atoms with Crippen LogP contribution in [0.25, 0.3) is 0 Å². The number of nitrogens with one attached hydrogen (secondary N) is 1. The fourth-order valence-corrected chi connectivity index (χ4v) is 4.66. The fourth-order valence-electron chi connectivity index (χ4n) is 4.66. The van der Waals surface area contributed by atoms with Gasteiger partial charge in [0.05, 0.1) is 17.9 Å². The molecule has 2 aliphatic rings. The first-order valence-corrected chi connectivity index (χ1v) is 12.0. The van der Waals surface area contributed by atoms with Gasteiger partial charge in [0.1, 0.15) is 11.6 Å². The summed E-state index contributed by atoms with van der Waals surface area (Å²) in [4.78, 5) is 55.5. The van der Waals surface area contributed by atoms with Crippen LogP contribution in [0.2, 0.25) is 0 Å². The van der Waals surface area contributed by atoms with Crippen LogP contribution in [0, 0.1) is 0 Å². The van der Waals surface area contributed by atoms with Crippen LogP contribution < -0.4 is 20.0 Å². The topological polar surface area (TPSA) is 102 Å². The Morgan fingerprint density at radius 2 is 1.91 bits per heavy atom. The molecule has 2 heterocycles. The summed E-state index contributed by atoms with van der Waals surface area (Å²) in [6, 6.07) is 5.49. The van der Waals surface area contributed by atoms with Crippen LogP contribution in [-0.2, 0) is 23.9 Å². The first-order valence-electron chi connectivity index (χ1n) is 12.0. The van der Waals surface area contributed by atoms with Gasteiger partial charge in [-0.15, -0.1) is 0 Å². The maximum atomic E-state index is 12.4. The summed E-state index contributed by atoms with van der Waals surface area (Å²) in [5, 5.41) is 2.39. The summed E-state index contributed by atoms with van der Waals surface area (Å²) in [5.74, 6) is -0.823. The number of benzene rings is 1. The first-order chi connectivity index (χ1) is 16.4. The van der Waals surface area contributed by atoms with Crippen LogP contribution in [0.15, 0.2) is 18.2 Å². The molecule has 1 aromatic rings. The molecule has 10 heteroatoms. The molecule has 0 aromatic heterocycles. The van der Waals surface area contributed by atoms with Crippen molar-refractivity contribution in [3.05, 3.63) is 18.2 Å². The SMILES string of the molecule is CC1CN(CC(=O)OC(C)(C)C)CCN1c1ccc(N(C)C2CCC(=O)NC2=O)c(N(C)C=O)c1. The quantitative estimate of drug-likeness (QED) is 0.350. The van der Waals surface area contributed by atoms with Crippen molar-refractivity contribution < 1.29 is 23.9 Å². The van der Waals surface area contributed by atoms with Gasteiger partial charge in [0.15, 0.2) is 0 Å². The molecule has 0 radical (unpaired) electrons. The van der Waals surface area contributed by atoms with Gasteiger partial charge >= 0.3 is 5.97 Å². The molecule has 35 heavy (non-hydrogen) atoms. The Kier molecular flexibility index (Phi) is 8.04. The third-order valence-corrected chi connectivity index (χ3v) is 6.37. The van der Waals surface area contributed by atoms with Crippen molar-refractivity contribution in [1.82, 2.24) is 10.2 Å². The molecular weight excluding hydrogens is 450 g/mol. The molecule has 1 aromatic carbocycles. The van der Waals surface area contributed by atoms with Gasteiger partial charge < -0.3 is 19.4 Å². The molecular formula is C25H37N5O5. The molecule has 3 amide bonds. The van der Waals surface area contributed by atoms with E-state index < -0.39 is 11.6 Å². The third kappa shape index (κ3) is 6.50. The van der Waals surface area contributed by atoms with Gasteiger partial charge in [-0.05, 0) is 52.3 Å². The largest absolute Gasteiger partial charge is 0.459 e. The van der Waals surface area contributed by atoms with Crippen LogP contribution in [-0.4, -0.2) is 87.1 Å². The van der Waals surface area contributed by atoms with Crippen LogP contribution >= 0.6 is 0 Å². The number of likely N-dealkylation sites (N-methyl/N-ethyl adjacent to an activating group) is 1. The summed E-state index contributed by atoms with van der Waals surface area (Å²) in [7, 11) is 3.48. The van der Waals surface area contributed by atoms with Crippen molar-refractivity contribution in [2.24, 2.45) is 0 Å². The molecule has 0 bridgehead atoms. The highest BCUT2D eigenvalue weighted by Crippen LogP contribution is 2.35. The zero-order valence-electron chi connectivity index (χ0n) is 21.5. The van der Waals surface area contributed by atoms with E-state index in [1.54, 1.807) is 14.1 Å². The Labute approximate surface area is 207 Å². The molecule has 192 valence electrons. The predicted molar refractivity (Wildman–Crippen MR) is 135 cm³/mol. The lowest BCUT2D eigenvalue weighted by atomic mass is 10.0. The molecule has 0 saturated carbocycles. The van der Waals surface area contributed by atoms with Gasteiger partial charge in [-0.25, -0.2) is 0 Å². The number of carbonyl (C=O) groups excluding carboxylic acids is 4. The zero-order valence-corrected chi connectivity index (χ0v) is 21.5. The van der Waals surface area contributed by atoms with Crippen molar-refractivity contribution in [1.29, 1.82) is 0 Å². The van der Waals surface area contributed by atoms with E-state index in [1.165, 1.54) is 4.90 Å². The molecule has 0 spiro atoms. The molecule has 2 unspecified atom stereocenters. The molecule has 2 aliphatic heterocycles. The van der Waals surface area contributed by atoms with Gasteiger partial charge in [-0.1, -0.05) is 0 Å². The average molecular weight is 488 g/mol. The number of esters is 1. The van der Waals surface area contributed by atoms with E-state index in [2.05, 4.69) is 22.0 Å². The normalized spacial score (nSPS) is 21.4. The monoisotopic (exact) mass is 487 g/mol. The Bertz CT molecular complexity index is 975. The molecule has 0 aliphatic carbocycles. The summed E-state index contributed by atoms with van der Waals surface area (Å²) < 4.78 is 5.46. The van der Waals surface area contributed by atoms with Gasteiger partial charge in [0.2, 0.25) is 18.2 Å². The number of hydrogen-bond acceptors (Lipinski definition) is 8. The van der Waals surface area contributed by atoms with Crippen molar-refractivity contribution in [2.45, 2.75) is 58.2 Å². The van der Waals surface area contributed by atoms with Crippen molar-refractivity contribution >= 4 is 41.3 Å². The number of piperidine rings is 1. The van der Waals surface area contributed by atoms with Gasteiger partial charge in [-0.2, -0.15) is 0 Å². The average Bonchev–Trinajstić information content (AvgIpc) is 2.76. The summed E-state index contributed by atoms with van der Waals surface area (Å²) >= 11 is 0. The van der Waals surface area contributed by atoms with Crippen LogP contribution in [0.4, 0.5) is 17.1 Å². The summed E-state index contributed by atoms with van der Waals surface area (Å²) in [6.07, 6.45) is 1.44. The second-order valence-electron chi connectivity index (χ2n) is 10.3. The molecule has 2 fully saturated rings. The van der Waals surface area contributed by atoms with Gasteiger partial charge in [-0.3, -0.25) is 29.4 Å². The number of imide groups is 1. The number of rotatable bonds is 7. The summed E-state index contributed by atoms with van der Waals surface area (Å²) in [6.45, 7) is 10.1. The van der Waals surface area contributed by atoms with Gasteiger partial charge in [0, 0.05) is 51.9 Å². The smallest absolute Gasteiger partial charge is 0.320 e. The number of nitrogens with zero attached hydrogens (tertiary/aromatic N) is 4. The minimum Gasteiger partial charge on any atom is -0.459 e. The van der Waals surface area contributed by atoms with E-state index in [0.717, 1.165) is 24.3 Å². The van der Waals surface area contributed by atoms with Gasteiger partial charge in [0.25, 0.3) is 0 Å². The van der Waals surface area contributed by atoms with Crippen molar-refractivity contribution in [3.63, 3.8) is 0 Å². The predicted octanol–water partition coefficient (Wildman–Crippen LogP) is 1.37. The lowest BCUT2D eigenvalue weighted by Gasteiger charge is -2.41. The lowest BCUT2D eigenvalue weighted by molar-refractivity contribution is -0.156. The Hall–Kier alpha value is -3.14. The number of hydrogen-bond donors (Lipinski definition) is 1. The minimum atomic E-state index is -0.506. The number of anilines is 3. The maximum Gasteiger partial charge on any atom is 0.320 e. The van der Waals surface area contributed by atoms with Crippen LogP contribution in [0.1, 0.15) is 40.5 Å². The lowest BCUT2D eigenvalue weighted by Crippen LogP contribution is -2.53. The van der Waals surface area contributed by atoms with Crippen LogP contribution in [0.5, 0.6) is 0 Å². The standard InChI is InChI=1S/C25H37N5O5/c1-17-14-29(15-23(33)35-25(2,3)4)11-12-30(17)18-7-8-19(21(13-18)27(5)16-31)28(6)20-9-10-22(32)26-24(20)34/h7-8,13,16-17,20H,9-12,14-15H2,1-6H3,(H,26,32,34). The second-order valence-corrected chi connectivity index (χ2v) is 10.3. The van der Waals surface area contributed by atoms with E-state index in [1.807, 2.05) is 43.9 Å². The number of amides is 3. The van der Waals surface area contributed by atoms with E-state index in [0.29, 0.717) is 25.2 Å². The molecule has 3 rings (SSSR count). The Morgan fingerprint density at radius 3 is 2.51 bits per heavy atom. The van der Waals surface area contributed by atoms with Crippen molar-refractivity contribution in [3.8, 4) is 0 Å². The highest BCUT2D eigenvalue weighted by Gasteiger charge is 2.32. The highest BCUT2D eigenvalue weighted by atomic mass is 16.6. The zero-order chi connectivity index (χ0) is 25.9. The van der Waals surface area contributed by atoms with E-state index >= 15 is 0 Å². The molecule has 2 atom stereocenters. The van der Waals surface area contributed by atoms with Crippen molar-refractivity contribution in [2.75, 3.05) is 55.0 Å².